The number of hydrogen-bond donors (Lipinski definition) is 1. The van der Waals surface area contributed by atoms with Crippen molar-refractivity contribution < 1.29 is 4.21 Å². The average Bonchev–Trinajstić information content (AvgIpc) is 2.23. The molecular formula is C12H27NOS. The molecule has 0 heterocycles. The Kier molecular flexibility index (Phi) is 9.41. The molecule has 0 fully saturated rings. The first-order valence-electron chi connectivity index (χ1n) is 6.23. The summed E-state index contributed by atoms with van der Waals surface area (Å²) in [5.41, 5.74) is 0. The van der Waals surface area contributed by atoms with Crippen LogP contribution in [0.15, 0.2) is 0 Å². The van der Waals surface area contributed by atoms with Gasteiger partial charge in [-0.05, 0) is 25.3 Å². The van der Waals surface area contributed by atoms with Crippen LogP contribution in [-0.4, -0.2) is 28.3 Å². The molecule has 3 unspecified atom stereocenters. The van der Waals surface area contributed by atoms with Crippen LogP contribution in [0.3, 0.4) is 0 Å². The normalized spacial score (nSPS) is 17.3. The maximum Gasteiger partial charge on any atom is 0.0391 e. The lowest BCUT2D eigenvalue weighted by atomic mass is 10.0. The average molecular weight is 233 g/mol. The lowest BCUT2D eigenvalue weighted by Crippen LogP contribution is -2.40. The zero-order chi connectivity index (χ0) is 11.7. The topological polar surface area (TPSA) is 29.1 Å². The van der Waals surface area contributed by atoms with Gasteiger partial charge >= 0.3 is 0 Å². The molecule has 0 amide bonds. The van der Waals surface area contributed by atoms with Crippen LogP contribution in [-0.2, 0) is 10.8 Å². The van der Waals surface area contributed by atoms with Gasteiger partial charge in [0, 0.05) is 28.3 Å². The highest BCUT2D eigenvalue weighted by Gasteiger charge is 2.17. The van der Waals surface area contributed by atoms with Crippen LogP contribution in [0.5, 0.6) is 0 Å². The van der Waals surface area contributed by atoms with Gasteiger partial charge in [-0.25, -0.2) is 0 Å². The van der Waals surface area contributed by atoms with Gasteiger partial charge in [-0.15, -0.1) is 0 Å². The Morgan fingerprint density at radius 2 is 1.87 bits per heavy atom. The minimum absolute atomic E-state index is 0.433. The number of nitrogens with one attached hydrogen (secondary N) is 1. The Balaban J connectivity index is 4.04. The second-order valence-electron chi connectivity index (χ2n) is 4.26. The van der Waals surface area contributed by atoms with Crippen molar-refractivity contribution in [3.63, 3.8) is 0 Å². The third-order valence-corrected chi connectivity index (χ3v) is 4.38. The Morgan fingerprint density at radius 3 is 2.33 bits per heavy atom. The molecule has 0 bridgehead atoms. The van der Waals surface area contributed by atoms with Crippen LogP contribution in [0.1, 0.15) is 47.0 Å². The molecule has 0 aromatic rings. The summed E-state index contributed by atoms with van der Waals surface area (Å²) in [4.78, 5) is 0. The van der Waals surface area contributed by atoms with Crippen LogP contribution in [0, 0.1) is 5.92 Å². The van der Waals surface area contributed by atoms with E-state index in [0.29, 0.717) is 12.0 Å². The zero-order valence-corrected chi connectivity index (χ0v) is 11.5. The molecular weight excluding hydrogens is 206 g/mol. The fraction of sp³-hybridized carbons (Fsp3) is 1.00. The van der Waals surface area contributed by atoms with Gasteiger partial charge < -0.3 is 5.32 Å². The minimum atomic E-state index is -0.638. The van der Waals surface area contributed by atoms with E-state index < -0.39 is 10.8 Å². The summed E-state index contributed by atoms with van der Waals surface area (Å²) < 4.78 is 11.7. The van der Waals surface area contributed by atoms with Crippen molar-refractivity contribution in [3.05, 3.63) is 0 Å². The SMILES string of the molecule is CCCNC(CS(=O)CCC)C(C)CC. The Morgan fingerprint density at radius 1 is 1.20 bits per heavy atom. The summed E-state index contributed by atoms with van der Waals surface area (Å²) in [6, 6.07) is 0.433. The second-order valence-corrected chi connectivity index (χ2v) is 5.88. The maximum absolute atomic E-state index is 11.7. The Bertz CT molecular complexity index is 173. The van der Waals surface area contributed by atoms with E-state index >= 15 is 0 Å². The van der Waals surface area contributed by atoms with Crippen LogP contribution in [0.4, 0.5) is 0 Å². The highest BCUT2D eigenvalue weighted by Crippen LogP contribution is 2.09. The molecule has 92 valence electrons. The highest BCUT2D eigenvalue weighted by atomic mass is 32.2. The molecule has 0 saturated carbocycles. The summed E-state index contributed by atoms with van der Waals surface area (Å²) in [5, 5.41) is 3.52. The van der Waals surface area contributed by atoms with Crippen molar-refractivity contribution in [2.75, 3.05) is 18.1 Å². The molecule has 0 rings (SSSR count). The van der Waals surface area contributed by atoms with Gasteiger partial charge in [0.2, 0.25) is 0 Å². The smallest absolute Gasteiger partial charge is 0.0391 e. The van der Waals surface area contributed by atoms with Crippen molar-refractivity contribution in [1.29, 1.82) is 0 Å². The predicted molar refractivity (Wildman–Crippen MR) is 69.7 cm³/mol. The van der Waals surface area contributed by atoms with Crippen molar-refractivity contribution >= 4 is 10.8 Å². The number of hydrogen-bond acceptors (Lipinski definition) is 2. The molecule has 0 aromatic heterocycles. The lowest BCUT2D eigenvalue weighted by molar-refractivity contribution is 0.394. The van der Waals surface area contributed by atoms with E-state index in [4.69, 9.17) is 0 Å². The molecule has 2 nitrogen and oxygen atoms in total. The van der Waals surface area contributed by atoms with Gasteiger partial charge in [-0.3, -0.25) is 4.21 Å². The molecule has 0 saturated heterocycles. The third-order valence-electron chi connectivity index (χ3n) is 2.78. The molecule has 0 aliphatic heterocycles. The molecule has 0 aliphatic carbocycles. The molecule has 15 heavy (non-hydrogen) atoms. The van der Waals surface area contributed by atoms with Crippen LogP contribution >= 0.6 is 0 Å². The Labute approximate surface area is 97.7 Å². The molecule has 0 radical (unpaired) electrons. The molecule has 0 aliphatic rings. The summed E-state index contributed by atoms with van der Waals surface area (Å²) in [7, 11) is -0.638. The van der Waals surface area contributed by atoms with E-state index in [-0.39, 0.29) is 0 Å². The van der Waals surface area contributed by atoms with Crippen molar-refractivity contribution in [2.45, 2.75) is 53.0 Å². The Hall–Kier alpha value is 0.110. The standard InChI is InChI=1S/C12H27NOS/c1-5-8-13-12(11(4)7-3)10-15(14)9-6-2/h11-13H,5-10H2,1-4H3. The first kappa shape index (κ1) is 15.1. The van der Waals surface area contributed by atoms with Gasteiger partial charge in [0.25, 0.3) is 0 Å². The maximum atomic E-state index is 11.7. The van der Waals surface area contributed by atoms with Gasteiger partial charge in [0.1, 0.15) is 0 Å². The van der Waals surface area contributed by atoms with E-state index in [1.54, 1.807) is 0 Å². The quantitative estimate of drug-likeness (QED) is 0.663. The van der Waals surface area contributed by atoms with E-state index in [2.05, 4.69) is 33.0 Å². The largest absolute Gasteiger partial charge is 0.313 e. The highest BCUT2D eigenvalue weighted by molar-refractivity contribution is 7.85. The zero-order valence-electron chi connectivity index (χ0n) is 10.7. The van der Waals surface area contributed by atoms with Crippen LogP contribution < -0.4 is 5.32 Å². The van der Waals surface area contributed by atoms with Crippen molar-refractivity contribution in [3.8, 4) is 0 Å². The van der Waals surface area contributed by atoms with E-state index in [1.807, 2.05) is 0 Å². The van der Waals surface area contributed by atoms with Crippen molar-refractivity contribution in [2.24, 2.45) is 5.92 Å². The molecule has 1 N–H and O–H groups in total. The molecule has 0 spiro atoms. The lowest BCUT2D eigenvalue weighted by Gasteiger charge is -2.23. The molecule has 3 atom stereocenters. The first-order chi connectivity index (χ1) is 7.15. The summed E-state index contributed by atoms with van der Waals surface area (Å²) >= 11 is 0. The monoisotopic (exact) mass is 233 g/mol. The van der Waals surface area contributed by atoms with Crippen LogP contribution in [0.25, 0.3) is 0 Å². The van der Waals surface area contributed by atoms with Gasteiger partial charge in [0.05, 0.1) is 0 Å². The van der Waals surface area contributed by atoms with Crippen LogP contribution in [0.2, 0.25) is 0 Å². The second kappa shape index (κ2) is 9.34. The predicted octanol–water partition coefficient (Wildman–Crippen LogP) is 2.56. The summed E-state index contributed by atoms with van der Waals surface area (Å²) in [5.74, 6) is 2.29. The van der Waals surface area contributed by atoms with E-state index in [0.717, 1.165) is 37.3 Å². The van der Waals surface area contributed by atoms with Crippen molar-refractivity contribution in [1.82, 2.24) is 5.32 Å². The number of rotatable bonds is 9. The fourth-order valence-corrected chi connectivity index (χ4v) is 3.02. The van der Waals surface area contributed by atoms with E-state index in [1.165, 1.54) is 0 Å². The molecule has 0 aromatic carbocycles. The summed E-state index contributed by atoms with van der Waals surface area (Å²) in [6.45, 7) is 9.75. The van der Waals surface area contributed by atoms with Gasteiger partial charge in [-0.2, -0.15) is 0 Å². The first-order valence-corrected chi connectivity index (χ1v) is 7.72. The minimum Gasteiger partial charge on any atom is -0.313 e. The third kappa shape index (κ3) is 7.07. The van der Waals surface area contributed by atoms with E-state index in [9.17, 15) is 4.21 Å². The van der Waals surface area contributed by atoms with Gasteiger partial charge in [0.15, 0.2) is 0 Å². The fourth-order valence-electron chi connectivity index (χ4n) is 1.55. The molecule has 3 heteroatoms. The summed E-state index contributed by atoms with van der Waals surface area (Å²) in [6.07, 6.45) is 3.33. The van der Waals surface area contributed by atoms with Gasteiger partial charge in [-0.1, -0.05) is 34.1 Å².